The molecule has 0 radical (unpaired) electrons. The van der Waals surface area contributed by atoms with Gasteiger partial charge in [0.05, 0.1) is 17.9 Å². The lowest BCUT2D eigenvalue weighted by molar-refractivity contribution is -0.125. The maximum Gasteiger partial charge on any atom is 0.223 e. The molecular weight excluding hydrogens is 281 g/mol. The van der Waals surface area contributed by atoms with Crippen molar-refractivity contribution in [1.82, 2.24) is 15.1 Å². The van der Waals surface area contributed by atoms with E-state index in [0.717, 1.165) is 23.4 Å². The van der Waals surface area contributed by atoms with Gasteiger partial charge in [-0.15, -0.1) is 0 Å². The van der Waals surface area contributed by atoms with Crippen LogP contribution in [0.4, 0.5) is 4.39 Å². The van der Waals surface area contributed by atoms with E-state index in [-0.39, 0.29) is 23.7 Å². The van der Waals surface area contributed by atoms with Crippen molar-refractivity contribution in [2.24, 2.45) is 5.92 Å². The van der Waals surface area contributed by atoms with Crippen LogP contribution in [0, 0.1) is 18.7 Å². The second-order valence-corrected chi connectivity index (χ2v) is 5.61. The van der Waals surface area contributed by atoms with Crippen LogP contribution in [0.2, 0.25) is 0 Å². The summed E-state index contributed by atoms with van der Waals surface area (Å²) in [6, 6.07) is 6.06. The second-order valence-electron chi connectivity index (χ2n) is 5.61. The minimum Gasteiger partial charge on any atom is -0.349 e. The molecule has 0 spiro atoms. The van der Waals surface area contributed by atoms with Crippen LogP contribution >= 0.6 is 0 Å². The fraction of sp³-hybridized carbons (Fsp3) is 0.412. The molecule has 1 aromatic heterocycles. The Labute approximate surface area is 130 Å². The average Bonchev–Trinajstić information content (AvgIpc) is 2.89. The van der Waals surface area contributed by atoms with E-state index in [0.29, 0.717) is 0 Å². The van der Waals surface area contributed by atoms with E-state index in [9.17, 15) is 9.18 Å². The first-order valence-corrected chi connectivity index (χ1v) is 7.54. The van der Waals surface area contributed by atoms with Crippen molar-refractivity contribution < 1.29 is 9.18 Å². The van der Waals surface area contributed by atoms with Crippen LogP contribution in [0.15, 0.2) is 30.5 Å². The molecule has 2 rings (SSSR count). The highest BCUT2D eigenvalue weighted by Gasteiger charge is 2.18. The third-order valence-corrected chi connectivity index (χ3v) is 4.00. The van der Waals surface area contributed by atoms with E-state index in [2.05, 4.69) is 10.4 Å². The van der Waals surface area contributed by atoms with Crippen molar-refractivity contribution in [3.8, 4) is 5.69 Å². The zero-order valence-electron chi connectivity index (χ0n) is 13.4. The molecule has 2 atom stereocenters. The minimum absolute atomic E-state index is 0.00472. The van der Waals surface area contributed by atoms with Crippen LogP contribution in [-0.4, -0.2) is 15.7 Å². The molecular formula is C17H22FN3O. The van der Waals surface area contributed by atoms with Crippen LogP contribution in [0.1, 0.15) is 44.5 Å². The number of rotatable bonds is 5. The molecule has 1 aromatic carbocycles. The average molecular weight is 303 g/mol. The van der Waals surface area contributed by atoms with Gasteiger partial charge in [0.15, 0.2) is 0 Å². The van der Waals surface area contributed by atoms with Gasteiger partial charge in [-0.25, -0.2) is 9.07 Å². The third-order valence-electron chi connectivity index (χ3n) is 4.00. The van der Waals surface area contributed by atoms with E-state index < -0.39 is 0 Å². The molecule has 5 heteroatoms. The highest BCUT2D eigenvalue weighted by atomic mass is 19.1. The molecule has 2 aromatic rings. The van der Waals surface area contributed by atoms with Gasteiger partial charge >= 0.3 is 0 Å². The molecule has 0 aliphatic rings. The molecule has 0 aliphatic carbocycles. The lowest BCUT2D eigenvalue weighted by atomic mass is 10.1. The zero-order chi connectivity index (χ0) is 16.3. The quantitative estimate of drug-likeness (QED) is 0.918. The van der Waals surface area contributed by atoms with E-state index >= 15 is 0 Å². The first-order chi connectivity index (χ1) is 10.4. The SMILES string of the molecule is CC[C@H](C)C(=O)N[C@H](C)c1cnn(-c2ccc(F)cc2)c1C. The van der Waals surface area contributed by atoms with Crippen molar-refractivity contribution in [3.63, 3.8) is 0 Å². The number of carbonyl (C=O) groups excluding carboxylic acids is 1. The molecule has 0 fully saturated rings. The van der Waals surface area contributed by atoms with Gasteiger partial charge in [-0.3, -0.25) is 4.79 Å². The van der Waals surface area contributed by atoms with Gasteiger partial charge in [-0.1, -0.05) is 13.8 Å². The molecule has 1 heterocycles. The Bertz CT molecular complexity index is 648. The largest absolute Gasteiger partial charge is 0.349 e. The van der Waals surface area contributed by atoms with Crippen LogP contribution < -0.4 is 5.32 Å². The van der Waals surface area contributed by atoms with Gasteiger partial charge < -0.3 is 5.32 Å². The Morgan fingerprint density at radius 2 is 1.95 bits per heavy atom. The highest BCUT2D eigenvalue weighted by molar-refractivity contribution is 5.78. The summed E-state index contributed by atoms with van der Waals surface area (Å²) < 4.78 is 14.8. The summed E-state index contributed by atoms with van der Waals surface area (Å²) >= 11 is 0. The molecule has 118 valence electrons. The number of benzene rings is 1. The van der Waals surface area contributed by atoms with Crippen molar-refractivity contribution in [3.05, 3.63) is 47.5 Å². The lowest BCUT2D eigenvalue weighted by Gasteiger charge is -2.17. The lowest BCUT2D eigenvalue weighted by Crippen LogP contribution is -2.31. The van der Waals surface area contributed by atoms with E-state index in [1.807, 2.05) is 27.7 Å². The normalized spacial score (nSPS) is 13.7. The predicted molar refractivity (Wildman–Crippen MR) is 84.3 cm³/mol. The molecule has 0 saturated heterocycles. The summed E-state index contributed by atoms with van der Waals surface area (Å²) in [4.78, 5) is 12.0. The van der Waals surface area contributed by atoms with E-state index in [1.165, 1.54) is 12.1 Å². The fourth-order valence-corrected chi connectivity index (χ4v) is 2.31. The molecule has 0 aliphatic heterocycles. The Morgan fingerprint density at radius 3 is 2.55 bits per heavy atom. The number of amides is 1. The molecule has 1 amide bonds. The van der Waals surface area contributed by atoms with Gasteiger partial charge in [-0.2, -0.15) is 5.10 Å². The van der Waals surface area contributed by atoms with Crippen LogP contribution in [0.5, 0.6) is 0 Å². The fourth-order valence-electron chi connectivity index (χ4n) is 2.31. The first kappa shape index (κ1) is 16.2. The number of carbonyl (C=O) groups is 1. The Morgan fingerprint density at radius 1 is 1.32 bits per heavy atom. The standard InChI is InChI=1S/C17H22FN3O/c1-5-11(2)17(22)20-12(3)16-10-19-21(13(16)4)15-8-6-14(18)7-9-15/h6-12H,5H2,1-4H3,(H,20,22)/t11-,12+/m0/s1. The van der Waals surface area contributed by atoms with Crippen LogP contribution in [-0.2, 0) is 4.79 Å². The van der Waals surface area contributed by atoms with Crippen LogP contribution in [0.3, 0.4) is 0 Å². The number of aromatic nitrogens is 2. The van der Waals surface area contributed by atoms with E-state index in [1.54, 1.807) is 23.0 Å². The summed E-state index contributed by atoms with van der Waals surface area (Å²) in [5, 5.41) is 7.36. The predicted octanol–water partition coefficient (Wildman–Crippen LogP) is 3.54. The van der Waals surface area contributed by atoms with Crippen molar-refractivity contribution in [1.29, 1.82) is 0 Å². The summed E-state index contributed by atoms with van der Waals surface area (Å²) in [6.45, 7) is 7.79. The topological polar surface area (TPSA) is 46.9 Å². The second kappa shape index (κ2) is 6.73. The Kier molecular flexibility index (Phi) is 4.96. The van der Waals surface area contributed by atoms with Gasteiger partial charge in [0.2, 0.25) is 5.91 Å². The number of nitrogens with zero attached hydrogens (tertiary/aromatic N) is 2. The number of hydrogen-bond acceptors (Lipinski definition) is 2. The summed E-state index contributed by atoms with van der Waals surface area (Å²) in [6.07, 6.45) is 2.56. The third kappa shape index (κ3) is 3.35. The van der Waals surface area contributed by atoms with Crippen molar-refractivity contribution in [2.75, 3.05) is 0 Å². The number of hydrogen-bond donors (Lipinski definition) is 1. The Hall–Kier alpha value is -2.17. The van der Waals surface area contributed by atoms with Gasteiger partial charge in [-0.05, 0) is 44.5 Å². The van der Waals surface area contributed by atoms with Crippen molar-refractivity contribution >= 4 is 5.91 Å². The maximum atomic E-state index is 13.0. The van der Waals surface area contributed by atoms with Crippen LogP contribution in [0.25, 0.3) is 5.69 Å². The zero-order valence-corrected chi connectivity index (χ0v) is 13.4. The smallest absolute Gasteiger partial charge is 0.223 e. The molecule has 4 nitrogen and oxygen atoms in total. The summed E-state index contributed by atoms with van der Waals surface area (Å²) in [5.41, 5.74) is 2.69. The minimum atomic E-state index is -0.275. The molecule has 0 unspecified atom stereocenters. The molecule has 0 saturated carbocycles. The first-order valence-electron chi connectivity index (χ1n) is 7.54. The Balaban J connectivity index is 2.20. The molecule has 1 N–H and O–H groups in total. The van der Waals surface area contributed by atoms with Crippen molar-refractivity contribution in [2.45, 2.75) is 40.2 Å². The number of nitrogens with one attached hydrogen (secondary N) is 1. The van der Waals surface area contributed by atoms with Gasteiger partial charge in [0, 0.05) is 17.2 Å². The monoisotopic (exact) mass is 303 g/mol. The van der Waals surface area contributed by atoms with Gasteiger partial charge in [0.1, 0.15) is 5.82 Å². The summed E-state index contributed by atoms with van der Waals surface area (Å²) in [7, 11) is 0. The highest BCUT2D eigenvalue weighted by Crippen LogP contribution is 2.20. The number of halogens is 1. The van der Waals surface area contributed by atoms with Gasteiger partial charge in [0.25, 0.3) is 0 Å². The molecule has 22 heavy (non-hydrogen) atoms. The maximum absolute atomic E-state index is 13.0. The summed E-state index contributed by atoms with van der Waals surface area (Å²) in [5.74, 6) is -0.234. The van der Waals surface area contributed by atoms with E-state index in [4.69, 9.17) is 0 Å². The molecule has 0 bridgehead atoms.